The van der Waals surface area contributed by atoms with E-state index in [1.807, 2.05) is 17.0 Å². The summed E-state index contributed by atoms with van der Waals surface area (Å²) in [5, 5.41) is 8.69. The fourth-order valence-corrected chi connectivity index (χ4v) is 6.54. The topological polar surface area (TPSA) is 103 Å². The zero-order valence-electron chi connectivity index (χ0n) is 18.5. The van der Waals surface area contributed by atoms with E-state index in [0.29, 0.717) is 25.4 Å². The van der Waals surface area contributed by atoms with Crippen LogP contribution in [0.2, 0.25) is 5.02 Å². The summed E-state index contributed by atoms with van der Waals surface area (Å²) in [6.07, 6.45) is 3.39. The number of aromatic nitrogens is 2. The fourth-order valence-electron chi connectivity index (χ4n) is 4.30. The molecule has 0 N–H and O–H groups in total. The Balaban J connectivity index is 1.44. The summed E-state index contributed by atoms with van der Waals surface area (Å²) >= 11 is 6.50. The monoisotopic (exact) mass is 490 g/mol. The SMILES string of the molecule is COCCN1CCN(c2ccc(S(=O)(=O)C3CCN(c4cncc(C#N)n4)C3)c(Cl)c2)CC1. The molecule has 0 aliphatic carbocycles. The summed E-state index contributed by atoms with van der Waals surface area (Å²) in [5.41, 5.74) is 1.14. The second kappa shape index (κ2) is 10.2. The van der Waals surface area contributed by atoms with Gasteiger partial charge in [0.1, 0.15) is 11.9 Å². The number of anilines is 2. The maximum atomic E-state index is 13.4. The van der Waals surface area contributed by atoms with Crippen molar-refractivity contribution in [2.75, 3.05) is 69.3 Å². The van der Waals surface area contributed by atoms with Crippen LogP contribution in [0.25, 0.3) is 0 Å². The molecule has 11 heteroatoms. The molecule has 2 aliphatic heterocycles. The first-order valence-electron chi connectivity index (χ1n) is 10.9. The van der Waals surface area contributed by atoms with Crippen LogP contribution in [0, 0.1) is 11.3 Å². The molecule has 3 heterocycles. The van der Waals surface area contributed by atoms with E-state index in [1.165, 1.54) is 6.20 Å². The number of hydrogen-bond acceptors (Lipinski definition) is 9. The molecule has 2 fully saturated rings. The van der Waals surface area contributed by atoms with Crippen LogP contribution < -0.4 is 9.80 Å². The van der Waals surface area contributed by atoms with Crippen LogP contribution in [0.15, 0.2) is 35.5 Å². The number of ether oxygens (including phenoxy) is 1. The number of nitriles is 1. The third-order valence-corrected chi connectivity index (χ3v) is 8.87. The normalized spacial score (nSPS) is 19.6. The smallest absolute Gasteiger partial charge is 0.184 e. The Morgan fingerprint density at radius 1 is 1.18 bits per heavy atom. The number of hydrogen-bond donors (Lipinski definition) is 0. The molecule has 0 radical (unpaired) electrons. The van der Waals surface area contributed by atoms with Gasteiger partial charge in [0.25, 0.3) is 0 Å². The molecule has 176 valence electrons. The van der Waals surface area contributed by atoms with Gasteiger partial charge >= 0.3 is 0 Å². The Morgan fingerprint density at radius 2 is 1.97 bits per heavy atom. The molecule has 0 saturated carbocycles. The van der Waals surface area contributed by atoms with Gasteiger partial charge in [-0.05, 0) is 24.6 Å². The van der Waals surface area contributed by atoms with Crippen LogP contribution in [0.3, 0.4) is 0 Å². The van der Waals surface area contributed by atoms with Crippen molar-refractivity contribution in [3.8, 4) is 6.07 Å². The van der Waals surface area contributed by atoms with E-state index in [2.05, 4.69) is 19.8 Å². The lowest BCUT2D eigenvalue weighted by molar-refractivity contribution is 0.144. The van der Waals surface area contributed by atoms with E-state index >= 15 is 0 Å². The van der Waals surface area contributed by atoms with Crippen molar-refractivity contribution < 1.29 is 13.2 Å². The van der Waals surface area contributed by atoms with Crippen LogP contribution >= 0.6 is 11.6 Å². The molecule has 1 atom stereocenters. The molecule has 1 unspecified atom stereocenters. The molecular weight excluding hydrogens is 464 g/mol. The number of benzene rings is 1. The standard InChI is InChI=1S/C22H27ClN6O3S/c1-32-11-10-27-6-8-28(9-7-27)18-2-3-21(20(23)12-18)33(30,31)19-4-5-29(16-19)22-15-25-14-17(13-24)26-22/h2-3,12,14-15,19H,4-11,16H2,1H3. The van der Waals surface area contributed by atoms with Crippen molar-refractivity contribution in [3.63, 3.8) is 0 Å². The molecule has 33 heavy (non-hydrogen) atoms. The maximum Gasteiger partial charge on any atom is 0.184 e. The maximum absolute atomic E-state index is 13.4. The largest absolute Gasteiger partial charge is 0.383 e. The lowest BCUT2D eigenvalue weighted by Crippen LogP contribution is -2.47. The lowest BCUT2D eigenvalue weighted by atomic mass is 10.2. The summed E-state index contributed by atoms with van der Waals surface area (Å²) in [7, 11) is -1.91. The highest BCUT2D eigenvalue weighted by Crippen LogP contribution is 2.33. The van der Waals surface area contributed by atoms with E-state index in [9.17, 15) is 8.42 Å². The second-order valence-electron chi connectivity index (χ2n) is 8.21. The van der Waals surface area contributed by atoms with Crippen molar-refractivity contribution in [1.82, 2.24) is 14.9 Å². The first kappa shape index (κ1) is 23.7. The zero-order valence-corrected chi connectivity index (χ0v) is 20.1. The molecule has 0 bridgehead atoms. The number of rotatable bonds is 7. The molecule has 2 aliphatic rings. The average molecular weight is 491 g/mol. The highest BCUT2D eigenvalue weighted by atomic mass is 35.5. The Hall–Kier alpha value is -2.45. The summed E-state index contributed by atoms with van der Waals surface area (Å²) in [5.74, 6) is 0.512. The quantitative estimate of drug-likeness (QED) is 0.574. The summed E-state index contributed by atoms with van der Waals surface area (Å²) in [6.45, 7) is 5.99. The molecule has 0 spiro atoms. The fraction of sp³-hybridized carbons (Fsp3) is 0.500. The van der Waals surface area contributed by atoms with Gasteiger partial charge < -0.3 is 14.5 Å². The van der Waals surface area contributed by atoms with E-state index < -0.39 is 15.1 Å². The lowest BCUT2D eigenvalue weighted by Gasteiger charge is -2.36. The van der Waals surface area contributed by atoms with E-state index in [-0.39, 0.29) is 22.2 Å². The molecule has 1 aromatic heterocycles. The zero-order chi connectivity index (χ0) is 23.4. The van der Waals surface area contributed by atoms with Crippen LogP contribution in [0.5, 0.6) is 0 Å². The van der Waals surface area contributed by atoms with Crippen LogP contribution in [-0.2, 0) is 14.6 Å². The predicted octanol–water partition coefficient (Wildman–Crippen LogP) is 1.82. The van der Waals surface area contributed by atoms with Gasteiger partial charge in [0.05, 0.1) is 34.2 Å². The van der Waals surface area contributed by atoms with Crippen LogP contribution in [-0.4, -0.2) is 88.1 Å². The highest BCUT2D eigenvalue weighted by Gasteiger charge is 2.36. The van der Waals surface area contributed by atoms with Gasteiger partial charge in [-0.2, -0.15) is 5.26 Å². The van der Waals surface area contributed by atoms with E-state index in [0.717, 1.165) is 38.4 Å². The Kier molecular flexibility index (Phi) is 7.34. The number of piperazine rings is 1. The van der Waals surface area contributed by atoms with Gasteiger partial charge in [-0.3, -0.25) is 9.88 Å². The Labute approximate surface area is 199 Å². The highest BCUT2D eigenvalue weighted by molar-refractivity contribution is 7.92. The van der Waals surface area contributed by atoms with E-state index in [1.54, 1.807) is 25.4 Å². The van der Waals surface area contributed by atoms with Gasteiger partial charge in [-0.1, -0.05) is 11.6 Å². The minimum atomic E-state index is -3.62. The van der Waals surface area contributed by atoms with Crippen molar-refractivity contribution in [3.05, 3.63) is 41.3 Å². The van der Waals surface area contributed by atoms with Gasteiger partial charge in [0, 0.05) is 58.6 Å². The van der Waals surface area contributed by atoms with Gasteiger partial charge in [0.2, 0.25) is 0 Å². The summed E-state index contributed by atoms with van der Waals surface area (Å²) in [4.78, 5) is 14.8. The summed E-state index contributed by atoms with van der Waals surface area (Å²) < 4.78 is 31.9. The molecular formula is C22H27ClN6O3S. The Bertz CT molecular complexity index is 1130. The first-order chi connectivity index (χ1) is 15.9. The molecule has 1 aromatic carbocycles. The van der Waals surface area contributed by atoms with Crippen LogP contribution in [0.4, 0.5) is 11.5 Å². The molecule has 4 rings (SSSR count). The number of sulfone groups is 1. The third kappa shape index (κ3) is 5.22. The third-order valence-electron chi connectivity index (χ3n) is 6.22. The van der Waals surface area contributed by atoms with Crippen molar-refractivity contribution in [2.24, 2.45) is 0 Å². The minimum absolute atomic E-state index is 0.162. The van der Waals surface area contributed by atoms with Gasteiger partial charge in [0.15, 0.2) is 15.5 Å². The predicted molar refractivity (Wildman–Crippen MR) is 127 cm³/mol. The van der Waals surface area contributed by atoms with E-state index in [4.69, 9.17) is 21.6 Å². The molecule has 2 saturated heterocycles. The van der Waals surface area contributed by atoms with Gasteiger partial charge in [-0.25, -0.2) is 13.4 Å². The molecule has 0 amide bonds. The number of nitrogens with zero attached hydrogens (tertiary/aromatic N) is 6. The first-order valence-corrected chi connectivity index (χ1v) is 12.8. The van der Waals surface area contributed by atoms with Crippen molar-refractivity contribution >= 4 is 32.9 Å². The van der Waals surface area contributed by atoms with Crippen molar-refractivity contribution in [2.45, 2.75) is 16.6 Å². The summed E-state index contributed by atoms with van der Waals surface area (Å²) in [6, 6.07) is 7.19. The van der Waals surface area contributed by atoms with Crippen LogP contribution in [0.1, 0.15) is 12.1 Å². The Morgan fingerprint density at radius 3 is 2.67 bits per heavy atom. The minimum Gasteiger partial charge on any atom is -0.383 e. The average Bonchev–Trinajstić information content (AvgIpc) is 3.34. The van der Waals surface area contributed by atoms with Gasteiger partial charge in [-0.15, -0.1) is 0 Å². The number of methoxy groups -OCH3 is 1. The molecule has 9 nitrogen and oxygen atoms in total. The second-order valence-corrected chi connectivity index (χ2v) is 10.8. The molecule has 2 aromatic rings. The van der Waals surface area contributed by atoms with Crippen molar-refractivity contribution in [1.29, 1.82) is 5.26 Å². The number of halogens is 1.